The van der Waals surface area contributed by atoms with Gasteiger partial charge in [0, 0.05) is 22.4 Å². The van der Waals surface area contributed by atoms with Crippen molar-refractivity contribution in [3.63, 3.8) is 0 Å². The monoisotopic (exact) mass is 237 g/mol. The zero-order chi connectivity index (χ0) is 11.6. The van der Waals surface area contributed by atoms with Crippen LogP contribution >= 0.6 is 11.3 Å². The molecule has 0 spiro atoms. The Morgan fingerprint density at radius 2 is 2.19 bits per heavy atom. The second kappa shape index (κ2) is 2.88. The minimum atomic E-state index is -0.725. The van der Waals surface area contributed by atoms with Crippen LogP contribution in [0.15, 0.2) is 11.6 Å². The first-order valence-corrected chi connectivity index (χ1v) is 6.92. The topological polar surface area (TPSA) is 33.1 Å². The Bertz CT molecular complexity index is 407. The standard InChI is InChI=1S/C13H19NOS/c1-11(2)9-4-5-12(3,8-9)13(11,15)10-14-6-7-16-10/h6-7,9,15H,4-5,8H2,1-3H3. The van der Waals surface area contributed by atoms with Gasteiger partial charge in [-0.25, -0.2) is 4.98 Å². The largest absolute Gasteiger partial charge is 0.382 e. The predicted molar refractivity (Wildman–Crippen MR) is 65.2 cm³/mol. The van der Waals surface area contributed by atoms with Gasteiger partial charge in [0.2, 0.25) is 0 Å². The molecule has 1 aromatic rings. The Labute approximate surface area is 101 Å². The van der Waals surface area contributed by atoms with Gasteiger partial charge in [0.1, 0.15) is 10.6 Å². The maximum Gasteiger partial charge on any atom is 0.127 e. The quantitative estimate of drug-likeness (QED) is 0.813. The van der Waals surface area contributed by atoms with Crippen LogP contribution in [0, 0.1) is 16.7 Å². The van der Waals surface area contributed by atoms with Crippen LogP contribution in [0.2, 0.25) is 0 Å². The Morgan fingerprint density at radius 3 is 2.69 bits per heavy atom. The molecule has 3 atom stereocenters. The summed E-state index contributed by atoms with van der Waals surface area (Å²) in [5, 5.41) is 14.2. The molecule has 3 heteroatoms. The molecule has 2 aliphatic carbocycles. The molecule has 1 aromatic heterocycles. The number of hydrogen-bond acceptors (Lipinski definition) is 3. The van der Waals surface area contributed by atoms with Crippen LogP contribution < -0.4 is 0 Å². The third-order valence-corrected chi connectivity index (χ3v) is 6.19. The molecule has 0 saturated heterocycles. The van der Waals surface area contributed by atoms with Gasteiger partial charge >= 0.3 is 0 Å². The molecule has 16 heavy (non-hydrogen) atoms. The van der Waals surface area contributed by atoms with E-state index in [4.69, 9.17) is 0 Å². The van der Waals surface area contributed by atoms with Crippen LogP contribution in [-0.2, 0) is 5.60 Å². The number of rotatable bonds is 1. The second-order valence-corrected chi connectivity index (χ2v) is 7.16. The highest BCUT2D eigenvalue weighted by molar-refractivity contribution is 7.09. The predicted octanol–water partition coefficient (Wildman–Crippen LogP) is 3.18. The third kappa shape index (κ3) is 0.951. The van der Waals surface area contributed by atoms with Gasteiger partial charge in [-0.15, -0.1) is 11.3 Å². The summed E-state index contributed by atoms with van der Waals surface area (Å²) in [6, 6.07) is 0. The Balaban J connectivity index is 2.19. The number of aliphatic hydroxyl groups is 1. The average molecular weight is 237 g/mol. The minimum Gasteiger partial charge on any atom is -0.382 e. The fourth-order valence-electron chi connectivity index (χ4n) is 4.19. The molecule has 3 rings (SSSR count). The highest BCUT2D eigenvalue weighted by Gasteiger charge is 2.70. The van der Waals surface area contributed by atoms with E-state index in [-0.39, 0.29) is 10.8 Å². The van der Waals surface area contributed by atoms with Crippen molar-refractivity contribution in [2.24, 2.45) is 16.7 Å². The fourth-order valence-corrected chi connectivity index (χ4v) is 5.25. The van der Waals surface area contributed by atoms with Gasteiger partial charge in [-0.05, 0) is 25.2 Å². The van der Waals surface area contributed by atoms with Crippen molar-refractivity contribution < 1.29 is 5.11 Å². The smallest absolute Gasteiger partial charge is 0.127 e. The molecule has 3 unspecified atom stereocenters. The van der Waals surface area contributed by atoms with E-state index in [0.29, 0.717) is 5.92 Å². The van der Waals surface area contributed by atoms with Gasteiger partial charge in [-0.2, -0.15) is 0 Å². The van der Waals surface area contributed by atoms with Crippen molar-refractivity contribution in [1.29, 1.82) is 0 Å². The molecule has 0 aliphatic heterocycles. The maximum atomic E-state index is 11.3. The maximum absolute atomic E-state index is 11.3. The summed E-state index contributed by atoms with van der Waals surface area (Å²) in [4.78, 5) is 4.40. The van der Waals surface area contributed by atoms with Crippen molar-refractivity contribution in [2.75, 3.05) is 0 Å². The first-order chi connectivity index (χ1) is 7.42. The number of hydrogen-bond donors (Lipinski definition) is 1. The van der Waals surface area contributed by atoms with E-state index >= 15 is 0 Å². The molecular formula is C13H19NOS. The SMILES string of the molecule is CC12CCC(C1)C(C)(C)C2(O)c1nccs1. The van der Waals surface area contributed by atoms with Crippen LogP contribution in [0.4, 0.5) is 0 Å². The number of fused-ring (bicyclic) bond motifs is 2. The molecular weight excluding hydrogens is 218 g/mol. The summed E-state index contributed by atoms with van der Waals surface area (Å²) in [5.74, 6) is 0.645. The van der Waals surface area contributed by atoms with E-state index in [9.17, 15) is 5.11 Å². The van der Waals surface area contributed by atoms with Crippen LogP contribution in [-0.4, -0.2) is 10.1 Å². The average Bonchev–Trinajstić information content (AvgIpc) is 2.86. The summed E-state index contributed by atoms with van der Waals surface area (Å²) in [6.07, 6.45) is 5.36. The molecule has 2 bridgehead atoms. The number of aromatic nitrogens is 1. The highest BCUT2D eigenvalue weighted by Crippen LogP contribution is 2.71. The normalized spacial score (nSPS) is 45.1. The van der Waals surface area contributed by atoms with Crippen LogP contribution in [0.5, 0.6) is 0 Å². The van der Waals surface area contributed by atoms with Gasteiger partial charge in [0.15, 0.2) is 0 Å². The summed E-state index contributed by atoms with van der Waals surface area (Å²) in [5.41, 5.74) is -0.742. The van der Waals surface area contributed by atoms with Crippen molar-refractivity contribution in [2.45, 2.75) is 45.6 Å². The van der Waals surface area contributed by atoms with E-state index < -0.39 is 5.60 Å². The van der Waals surface area contributed by atoms with Crippen molar-refractivity contribution in [3.8, 4) is 0 Å². The lowest BCUT2D eigenvalue weighted by Crippen LogP contribution is -2.51. The summed E-state index contributed by atoms with van der Waals surface area (Å²) >= 11 is 1.60. The van der Waals surface area contributed by atoms with Crippen molar-refractivity contribution in [3.05, 3.63) is 16.6 Å². The molecule has 1 heterocycles. The lowest BCUT2D eigenvalue weighted by atomic mass is 9.60. The number of thiazole rings is 1. The molecule has 0 amide bonds. The van der Waals surface area contributed by atoms with Gasteiger partial charge in [0.25, 0.3) is 0 Å². The van der Waals surface area contributed by atoms with Crippen molar-refractivity contribution in [1.82, 2.24) is 4.98 Å². The van der Waals surface area contributed by atoms with E-state index in [0.717, 1.165) is 17.8 Å². The fraction of sp³-hybridized carbons (Fsp3) is 0.769. The summed E-state index contributed by atoms with van der Waals surface area (Å²) in [6.45, 7) is 6.66. The van der Waals surface area contributed by atoms with Gasteiger partial charge < -0.3 is 5.11 Å². The zero-order valence-corrected chi connectivity index (χ0v) is 11.0. The van der Waals surface area contributed by atoms with E-state index in [1.54, 1.807) is 11.3 Å². The molecule has 88 valence electrons. The minimum absolute atomic E-state index is 0.0268. The Kier molecular flexibility index (Phi) is 1.93. The van der Waals surface area contributed by atoms with Crippen LogP contribution in [0.1, 0.15) is 45.0 Å². The zero-order valence-electron chi connectivity index (χ0n) is 10.2. The van der Waals surface area contributed by atoms with Gasteiger partial charge in [-0.3, -0.25) is 0 Å². The van der Waals surface area contributed by atoms with Gasteiger partial charge in [-0.1, -0.05) is 20.8 Å². The van der Waals surface area contributed by atoms with E-state index in [1.807, 2.05) is 11.6 Å². The van der Waals surface area contributed by atoms with Crippen LogP contribution in [0.25, 0.3) is 0 Å². The first kappa shape index (κ1) is 10.7. The highest BCUT2D eigenvalue weighted by atomic mass is 32.1. The lowest BCUT2D eigenvalue weighted by Gasteiger charge is -2.49. The van der Waals surface area contributed by atoms with Gasteiger partial charge in [0.05, 0.1) is 0 Å². The first-order valence-electron chi connectivity index (χ1n) is 6.04. The molecule has 2 aliphatic rings. The van der Waals surface area contributed by atoms with E-state index in [2.05, 4.69) is 25.8 Å². The Morgan fingerprint density at radius 1 is 1.44 bits per heavy atom. The lowest BCUT2D eigenvalue weighted by molar-refractivity contribution is -0.150. The van der Waals surface area contributed by atoms with E-state index in [1.165, 1.54) is 6.42 Å². The molecule has 2 saturated carbocycles. The molecule has 0 radical (unpaired) electrons. The van der Waals surface area contributed by atoms with Crippen LogP contribution in [0.3, 0.4) is 0 Å². The van der Waals surface area contributed by atoms with Crippen molar-refractivity contribution >= 4 is 11.3 Å². The summed E-state index contributed by atoms with van der Waals surface area (Å²) < 4.78 is 0. The Hall–Kier alpha value is -0.410. The molecule has 2 nitrogen and oxygen atoms in total. The number of nitrogens with zero attached hydrogens (tertiary/aromatic N) is 1. The summed E-state index contributed by atoms with van der Waals surface area (Å²) in [7, 11) is 0. The molecule has 2 fully saturated rings. The molecule has 0 aromatic carbocycles. The molecule has 1 N–H and O–H groups in total. The third-order valence-electron chi connectivity index (χ3n) is 5.31. The second-order valence-electron chi connectivity index (χ2n) is 6.27.